The highest BCUT2D eigenvalue weighted by atomic mass is 35.5. The van der Waals surface area contributed by atoms with Gasteiger partial charge in [0.2, 0.25) is 5.88 Å². The predicted octanol–water partition coefficient (Wildman–Crippen LogP) is 3.39. The lowest BCUT2D eigenvalue weighted by Gasteiger charge is -2.10. The number of thiazole rings is 1. The second-order valence-electron chi connectivity index (χ2n) is 6.84. The normalized spacial score (nSPS) is 18.1. The van der Waals surface area contributed by atoms with Gasteiger partial charge in [0.05, 0.1) is 23.2 Å². The number of nitrogens with one attached hydrogen (secondary N) is 1. The molecule has 3 heterocycles. The van der Waals surface area contributed by atoms with Gasteiger partial charge >= 0.3 is 0 Å². The monoisotopic (exact) mass is 417 g/mol. The zero-order valence-corrected chi connectivity index (χ0v) is 17.1. The van der Waals surface area contributed by atoms with E-state index in [9.17, 15) is 4.79 Å². The van der Waals surface area contributed by atoms with Crippen molar-refractivity contribution < 1.29 is 4.74 Å². The van der Waals surface area contributed by atoms with E-state index < -0.39 is 0 Å². The summed E-state index contributed by atoms with van der Waals surface area (Å²) in [5.74, 6) is 1.21. The number of aryl methyl sites for hydroxylation is 2. The number of halogens is 1. The second-order valence-corrected chi connectivity index (χ2v) is 8.59. The predicted molar refractivity (Wildman–Crippen MR) is 109 cm³/mol. The van der Waals surface area contributed by atoms with Crippen LogP contribution in [0.5, 0.6) is 5.88 Å². The fourth-order valence-electron chi connectivity index (χ4n) is 3.04. The molecule has 4 rings (SSSR count). The summed E-state index contributed by atoms with van der Waals surface area (Å²) in [6.07, 6.45) is 4.51. The van der Waals surface area contributed by atoms with E-state index in [0.717, 1.165) is 22.0 Å². The van der Waals surface area contributed by atoms with Gasteiger partial charge in [-0.05, 0) is 25.5 Å². The van der Waals surface area contributed by atoms with Crippen LogP contribution in [0.2, 0.25) is 5.02 Å². The summed E-state index contributed by atoms with van der Waals surface area (Å²) in [6, 6.07) is 5.48. The minimum absolute atomic E-state index is 0.191. The lowest BCUT2D eigenvalue weighted by atomic mass is 10.2. The lowest BCUT2D eigenvalue weighted by molar-refractivity contribution is 0.278. The highest BCUT2D eigenvalue weighted by Crippen LogP contribution is 2.46. The fourth-order valence-corrected chi connectivity index (χ4v) is 3.89. The molecule has 0 bridgehead atoms. The molecule has 1 saturated carbocycles. The molecule has 1 fully saturated rings. The van der Waals surface area contributed by atoms with Crippen molar-refractivity contribution in [3.63, 3.8) is 0 Å². The smallest absolute Gasteiger partial charge is 0.290 e. The zero-order valence-electron chi connectivity index (χ0n) is 15.6. The summed E-state index contributed by atoms with van der Waals surface area (Å²) in [6.45, 7) is 3.03. The first-order valence-corrected chi connectivity index (χ1v) is 10.2. The largest absolute Gasteiger partial charge is 0.476 e. The molecule has 28 heavy (non-hydrogen) atoms. The van der Waals surface area contributed by atoms with Crippen LogP contribution in [0.25, 0.3) is 0 Å². The Kier molecular flexibility index (Phi) is 5.32. The summed E-state index contributed by atoms with van der Waals surface area (Å²) in [4.78, 5) is 22.0. The molecule has 7 nitrogen and oxygen atoms in total. The van der Waals surface area contributed by atoms with Crippen molar-refractivity contribution in [3.05, 3.63) is 61.5 Å². The molecule has 2 atom stereocenters. The van der Waals surface area contributed by atoms with Crippen LogP contribution in [0.1, 0.15) is 27.9 Å². The van der Waals surface area contributed by atoms with E-state index in [1.165, 1.54) is 4.68 Å². The van der Waals surface area contributed by atoms with Gasteiger partial charge in [0.1, 0.15) is 5.69 Å². The SMILES string of the molecule is Cc1ncc(CNc2cc(OC[C@H]3C[C@@H]3c3ccc(Cl)cn3)nn(C)c2=O)s1. The molecule has 0 saturated heterocycles. The fraction of sp³-hybridized carbons (Fsp3) is 0.368. The first kappa shape index (κ1) is 18.9. The van der Waals surface area contributed by atoms with Gasteiger partial charge in [-0.1, -0.05) is 11.6 Å². The Morgan fingerprint density at radius 3 is 2.93 bits per heavy atom. The van der Waals surface area contributed by atoms with Crippen molar-refractivity contribution in [2.45, 2.75) is 25.8 Å². The van der Waals surface area contributed by atoms with Crippen LogP contribution in [0, 0.1) is 12.8 Å². The highest BCUT2D eigenvalue weighted by molar-refractivity contribution is 7.11. The minimum atomic E-state index is -0.191. The number of nitrogens with zero attached hydrogens (tertiary/aromatic N) is 4. The first-order valence-electron chi connectivity index (χ1n) is 8.97. The Morgan fingerprint density at radius 1 is 1.36 bits per heavy atom. The molecule has 3 aromatic heterocycles. The maximum atomic E-state index is 12.3. The molecule has 1 aliphatic carbocycles. The molecule has 9 heteroatoms. The van der Waals surface area contributed by atoms with Crippen molar-refractivity contribution in [1.82, 2.24) is 19.7 Å². The standard InChI is InChI=1S/C19H20ClN5O2S/c1-11-21-8-14(28-11)9-23-17-6-18(24-25(2)19(17)26)27-10-12-5-15(12)16-4-3-13(20)7-22-16/h3-4,6-8,12,15,23H,5,9-10H2,1-2H3/t12-,15+/m1/s1. The number of pyridine rings is 1. The topological polar surface area (TPSA) is 81.9 Å². The van der Waals surface area contributed by atoms with Crippen LogP contribution in [-0.4, -0.2) is 26.4 Å². The van der Waals surface area contributed by atoms with Crippen molar-refractivity contribution in [3.8, 4) is 5.88 Å². The Labute approximate surface area is 171 Å². The van der Waals surface area contributed by atoms with Gasteiger partial charge in [-0.15, -0.1) is 16.4 Å². The van der Waals surface area contributed by atoms with Gasteiger partial charge in [-0.3, -0.25) is 9.78 Å². The third-order valence-corrected chi connectivity index (χ3v) is 5.80. The third kappa shape index (κ3) is 4.34. The van der Waals surface area contributed by atoms with E-state index in [-0.39, 0.29) is 5.56 Å². The van der Waals surface area contributed by atoms with Crippen LogP contribution >= 0.6 is 22.9 Å². The van der Waals surface area contributed by atoms with Crippen molar-refractivity contribution in [2.24, 2.45) is 13.0 Å². The van der Waals surface area contributed by atoms with Crippen LogP contribution in [0.3, 0.4) is 0 Å². The van der Waals surface area contributed by atoms with Gasteiger partial charge in [0, 0.05) is 47.9 Å². The Hall–Kier alpha value is -2.45. The summed E-state index contributed by atoms with van der Waals surface area (Å²) in [5, 5.41) is 9.00. The van der Waals surface area contributed by atoms with E-state index >= 15 is 0 Å². The number of ether oxygens (including phenoxy) is 1. The number of hydrogen-bond donors (Lipinski definition) is 1. The van der Waals surface area contributed by atoms with Crippen molar-refractivity contribution in [2.75, 3.05) is 11.9 Å². The van der Waals surface area contributed by atoms with Gasteiger partial charge in [0.15, 0.2) is 0 Å². The van der Waals surface area contributed by atoms with Crippen LogP contribution in [0.4, 0.5) is 5.69 Å². The highest BCUT2D eigenvalue weighted by Gasteiger charge is 2.40. The number of aromatic nitrogens is 4. The van der Waals surface area contributed by atoms with E-state index in [1.54, 1.807) is 30.6 Å². The Balaban J connectivity index is 1.37. The minimum Gasteiger partial charge on any atom is -0.476 e. The van der Waals surface area contributed by atoms with Crippen LogP contribution < -0.4 is 15.6 Å². The third-order valence-electron chi connectivity index (χ3n) is 4.66. The maximum Gasteiger partial charge on any atom is 0.290 e. The van der Waals surface area contributed by atoms with E-state index in [2.05, 4.69) is 20.4 Å². The Morgan fingerprint density at radius 2 is 2.21 bits per heavy atom. The molecule has 0 aliphatic heterocycles. The lowest BCUT2D eigenvalue weighted by Crippen LogP contribution is -2.24. The molecule has 0 aromatic carbocycles. The van der Waals surface area contributed by atoms with Gasteiger partial charge in [0.25, 0.3) is 5.56 Å². The molecule has 0 spiro atoms. The second kappa shape index (κ2) is 7.89. The molecule has 0 unspecified atom stereocenters. The molecular formula is C19H20ClN5O2S. The van der Waals surface area contributed by atoms with Crippen molar-refractivity contribution >= 4 is 28.6 Å². The summed E-state index contributed by atoms with van der Waals surface area (Å²) in [5.41, 5.74) is 1.31. The quantitative estimate of drug-likeness (QED) is 0.634. The maximum absolute atomic E-state index is 12.3. The molecule has 1 aliphatic rings. The number of hydrogen-bond acceptors (Lipinski definition) is 7. The van der Waals surface area contributed by atoms with Crippen LogP contribution in [-0.2, 0) is 13.6 Å². The average molecular weight is 418 g/mol. The molecule has 0 radical (unpaired) electrons. The Bertz CT molecular complexity index is 1030. The number of anilines is 1. The summed E-state index contributed by atoms with van der Waals surface area (Å²) in [7, 11) is 1.62. The summed E-state index contributed by atoms with van der Waals surface area (Å²) >= 11 is 7.49. The molecule has 1 N–H and O–H groups in total. The van der Waals surface area contributed by atoms with E-state index in [0.29, 0.717) is 41.6 Å². The average Bonchev–Trinajstić information content (AvgIpc) is 3.34. The summed E-state index contributed by atoms with van der Waals surface area (Å²) < 4.78 is 7.16. The van der Waals surface area contributed by atoms with Crippen LogP contribution in [0.15, 0.2) is 35.4 Å². The molecule has 0 amide bonds. The van der Waals surface area contributed by atoms with Gasteiger partial charge in [-0.25, -0.2) is 9.67 Å². The zero-order chi connectivity index (χ0) is 19.7. The molecule has 3 aromatic rings. The molecular weight excluding hydrogens is 398 g/mol. The number of rotatable bonds is 7. The first-order chi connectivity index (χ1) is 13.5. The van der Waals surface area contributed by atoms with Crippen molar-refractivity contribution in [1.29, 1.82) is 0 Å². The van der Waals surface area contributed by atoms with E-state index in [1.807, 2.05) is 25.3 Å². The van der Waals surface area contributed by atoms with E-state index in [4.69, 9.17) is 16.3 Å². The van der Waals surface area contributed by atoms with Gasteiger partial charge in [-0.2, -0.15) is 0 Å². The molecule has 146 valence electrons. The van der Waals surface area contributed by atoms with Gasteiger partial charge < -0.3 is 10.1 Å².